The van der Waals surface area contributed by atoms with Gasteiger partial charge in [0.2, 0.25) is 5.91 Å². The van der Waals surface area contributed by atoms with Gasteiger partial charge in [0.15, 0.2) is 0 Å². The Kier molecular flexibility index (Phi) is 5.73. The zero-order valence-electron chi connectivity index (χ0n) is 19.5. The maximum absolute atomic E-state index is 14.0. The van der Waals surface area contributed by atoms with Crippen molar-refractivity contribution in [1.29, 1.82) is 0 Å². The Morgan fingerprint density at radius 3 is 2.27 bits per heavy atom. The average molecular weight is 509 g/mol. The summed E-state index contributed by atoms with van der Waals surface area (Å²) in [5, 5.41) is 0. The van der Waals surface area contributed by atoms with Crippen LogP contribution in [0.15, 0.2) is 79.0 Å². The number of rotatable bonds is 4. The van der Waals surface area contributed by atoms with Gasteiger partial charge in [0, 0.05) is 6.07 Å². The molecule has 0 spiro atoms. The number of nitrogens with two attached hydrogens (primary N) is 1. The van der Waals surface area contributed by atoms with Crippen molar-refractivity contribution in [3.8, 4) is 11.1 Å². The number of nitrogens with zero attached hydrogens (tertiary/aromatic N) is 2. The van der Waals surface area contributed by atoms with E-state index >= 15 is 0 Å². The van der Waals surface area contributed by atoms with Crippen LogP contribution >= 0.6 is 0 Å². The summed E-state index contributed by atoms with van der Waals surface area (Å²) in [7, 11) is 0. The minimum absolute atomic E-state index is 0.0506. The summed E-state index contributed by atoms with van der Waals surface area (Å²) in [6.45, 7) is 1.64. The summed E-state index contributed by atoms with van der Waals surface area (Å²) in [6.07, 6.45) is -3.17. The van der Waals surface area contributed by atoms with Crippen LogP contribution in [-0.2, 0) is 22.8 Å². The molecule has 9 heteroatoms. The van der Waals surface area contributed by atoms with Gasteiger partial charge in [-0.25, -0.2) is 13.8 Å². The first kappa shape index (κ1) is 24.4. The molecule has 0 saturated carbocycles. The van der Waals surface area contributed by atoms with E-state index in [1.54, 1.807) is 43.3 Å². The Labute approximate surface area is 209 Å². The van der Waals surface area contributed by atoms with Gasteiger partial charge in [0.25, 0.3) is 0 Å². The molecule has 4 nitrogen and oxygen atoms in total. The SMILES string of the molecule is CC1(Cc2cc(F)cc(F)c2)C(=O)N(c2ccc(N)cn2)c2ccc(-c3cccc(C(F)(F)F)c3)cc21. The number of carbonyl (C=O) groups excluding carboxylic acids is 1. The maximum atomic E-state index is 14.0. The summed E-state index contributed by atoms with van der Waals surface area (Å²) in [6, 6.07) is 16.0. The Morgan fingerprint density at radius 1 is 0.919 bits per heavy atom. The van der Waals surface area contributed by atoms with Crippen molar-refractivity contribution in [2.45, 2.75) is 24.9 Å². The molecular weight excluding hydrogens is 489 g/mol. The van der Waals surface area contributed by atoms with Crippen LogP contribution in [-0.4, -0.2) is 10.9 Å². The van der Waals surface area contributed by atoms with Crippen LogP contribution in [0.2, 0.25) is 0 Å². The number of benzene rings is 3. The van der Waals surface area contributed by atoms with Crippen molar-refractivity contribution in [1.82, 2.24) is 4.98 Å². The largest absolute Gasteiger partial charge is 0.416 e. The van der Waals surface area contributed by atoms with Crippen LogP contribution in [0.1, 0.15) is 23.6 Å². The van der Waals surface area contributed by atoms with Gasteiger partial charge < -0.3 is 5.73 Å². The maximum Gasteiger partial charge on any atom is 0.416 e. The van der Waals surface area contributed by atoms with Crippen LogP contribution < -0.4 is 10.6 Å². The minimum Gasteiger partial charge on any atom is -0.397 e. The first-order chi connectivity index (χ1) is 17.5. The fraction of sp³-hybridized carbons (Fsp3) is 0.143. The van der Waals surface area contributed by atoms with Gasteiger partial charge >= 0.3 is 6.18 Å². The molecule has 0 saturated heterocycles. The van der Waals surface area contributed by atoms with Crippen LogP contribution in [0.5, 0.6) is 0 Å². The fourth-order valence-corrected chi connectivity index (χ4v) is 4.75. The van der Waals surface area contributed by atoms with E-state index in [1.807, 2.05) is 0 Å². The number of nitrogen functional groups attached to an aromatic ring is 1. The molecular formula is C28H20F5N3O. The quantitative estimate of drug-likeness (QED) is 0.308. The number of fused-ring (bicyclic) bond motifs is 1. The molecule has 0 fully saturated rings. The molecule has 188 valence electrons. The molecule has 37 heavy (non-hydrogen) atoms. The third-order valence-corrected chi connectivity index (χ3v) is 6.51. The highest BCUT2D eigenvalue weighted by molar-refractivity contribution is 6.12. The molecule has 2 N–H and O–H groups in total. The van der Waals surface area contributed by atoms with Gasteiger partial charge in [0.1, 0.15) is 17.5 Å². The molecule has 1 aliphatic heterocycles. The molecule has 3 aromatic carbocycles. The van der Waals surface area contributed by atoms with Crippen molar-refractivity contribution < 1.29 is 26.7 Å². The molecule has 1 aromatic heterocycles. The molecule has 1 amide bonds. The normalized spacial score (nSPS) is 17.2. The van der Waals surface area contributed by atoms with E-state index in [2.05, 4.69) is 4.98 Å². The first-order valence-electron chi connectivity index (χ1n) is 11.3. The van der Waals surface area contributed by atoms with Crippen LogP contribution in [0.25, 0.3) is 11.1 Å². The zero-order valence-corrected chi connectivity index (χ0v) is 19.5. The molecule has 4 aromatic rings. The fourth-order valence-electron chi connectivity index (χ4n) is 4.75. The van der Waals surface area contributed by atoms with Crippen LogP contribution in [0.4, 0.5) is 39.1 Å². The van der Waals surface area contributed by atoms with Gasteiger partial charge in [-0.2, -0.15) is 13.2 Å². The van der Waals surface area contributed by atoms with Gasteiger partial charge in [-0.1, -0.05) is 18.2 Å². The minimum atomic E-state index is -4.52. The molecule has 1 unspecified atom stereocenters. The summed E-state index contributed by atoms with van der Waals surface area (Å²) < 4.78 is 67.9. The highest BCUT2D eigenvalue weighted by Crippen LogP contribution is 2.48. The third kappa shape index (κ3) is 4.41. The van der Waals surface area contributed by atoms with E-state index in [1.165, 1.54) is 17.2 Å². The van der Waals surface area contributed by atoms with Crippen molar-refractivity contribution in [2.75, 3.05) is 10.6 Å². The predicted molar refractivity (Wildman–Crippen MR) is 130 cm³/mol. The van der Waals surface area contributed by atoms with Gasteiger partial charge in [-0.05, 0) is 84.1 Å². The summed E-state index contributed by atoms with van der Waals surface area (Å²) in [5.41, 5.74) is 6.05. The number of hydrogen-bond acceptors (Lipinski definition) is 3. The highest BCUT2D eigenvalue weighted by atomic mass is 19.4. The number of carbonyl (C=O) groups is 1. The number of amides is 1. The summed E-state index contributed by atoms with van der Waals surface area (Å²) in [4.78, 5) is 19.5. The van der Waals surface area contributed by atoms with Crippen LogP contribution in [0.3, 0.4) is 0 Å². The van der Waals surface area contributed by atoms with Gasteiger partial charge in [0.05, 0.1) is 28.6 Å². The number of hydrogen-bond donors (Lipinski definition) is 1. The lowest BCUT2D eigenvalue weighted by atomic mass is 9.77. The number of pyridine rings is 1. The second kappa shape index (κ2) is 8.69. The van der Waals surface area contributed by atoms with Crippen molar-refractivity contribution >= 4 is 23.1 Å². The molecule has 5 rings (SSSR count). The third-order valence-electron chi connectivity index (χ3n) is 6.51. The van der Waals surface area contributed by atoms with E-state index in [9.17, 15) is 26.7 Å². The Morgan fingerprint density at radius 2 is 1.62 bits per heavy atom. The monoisotopic (exact) mass is 509 g/mol. The molecule has 0 radical (unpaired) electrons. The number of anilines is 3. The lowest BCUT2D eigenvalue weighted by Gasteiger charge is -2.24. The number of halogens is 5. The molecule has 0 bridgehead atoms. The van der Waals surface area contributed by atoms with E-state index in [0.717, 1.165) is 30.3 Å². The first-order valence-corrected chi connectivity index (χ1v) is 11.3. The van der Waals surface area contributed by atoms with E-state index < -0.39 is 34.7 Å². The van der Waals surface area contributed by atoms with E-state index in [4.69, 9.17) is 5.73 Å². The second-order valence-corrected chi connectivity index (χ2v) is 9.19. The molecule has 0 aliphatic carbocycles. The summed E-state index contributed by atoms with van der Waals surface area (Å²) >= 11 is 0. The average Bonchev–Trinajstić information content (AvgIpc) is 3.04. The van der Waals surface area contributed by atoms with E-state index in [0.29, 0.717) is 33.9 Å². The second-order valence-electron chi connectivity index (χ2n) is 9.19. The van der Waals surface area contributed by atoms with Crippen molar-refractivity contribution in [3.05, 3.63) is 107 Å². The number of aromatic nitrogens is 1. The highest BCUT2D eigenvalue weighted by Gasteiger charge is 2.48. The topological polar surface area (TPSA) is 59.2 Å². The van der Waals surface area contributed by atoms with Gasteiger partial charge in [-0.3, -0.25) is 9.69 Å². The predicted octanol–water partition coefficient (Wildman–Crippen LogP) is 6.81. The summed E-state index contributed by atoms with van der Waals surface area (Å²) in [5.74, 6) is -1.66. The Bertz CT molecular complexity index is 1500. The van der Waals surface area contributed by atoms with Crippen LogP contribution in [0, 0.1) is 11.6 Å². The van der Waals surface area contributed by atoms with Crippen molar-refractivity contribution in [2.24, 2.45) is 0 Å². The smallest absolute Gasteiger partial charge is 0.397 e. The molecule has 1 aliphatic rings. The van der Waals surface area contributed by atoms with Gasteiger partial charge in [-0.15, -0.1) is 0 Å². The number of alkyl halides is 3. The van der Waals surface area contributed by atoms with Crippen molar-refractivity contribution in [3.63, 3.8) is 0 Å². The Balaban J connectivity index is 1.67. The lowest BCUT2D eigenvalue weighted by molar-refractivity contribution is -0.137. The zero-order chi connectivity index (χ0) is 26.5. The van der Waals surface area contributed by atoms with E-state index in [-0.39, 0.29) is 12.0 Å². The molecule has 1 atom stereocenters. The molecule has 2 heterocycles. The Hall–Kier alpha value is -4.27. The lowest BCUT2D eigenvalue weighted by Crippen LogP contribution is -2.38. The standard InChI is InChI=1S/C28H20F5N3O/c1-27(14-16-9-20(29)13-21(30)10-16)23-12-18(17-3-2-4-19(11-17)28(31,32)33)5-7-24(23)36(26(27)37)25-8-6-22(34)15-35-25/h2-13,15H,14,34H2,1H3.